The zero-order valence-electron chi connectivity index (χ0n) is 11.1. The Labute approximate surface area is 132 Å². The minimum Gasteiger partial charge on any atom is -0.404 e. The number of hydrogen-bond donors (Lipinski definition) is 2. The molecule has 0 rings (SSSR count). The third-order valence-corrected chi connectivity index (χ3v) is 2.75. The number of hydrogen-bond acceptors (Lipinski definition) is 3. The maximum absolute atomic E-state index is 13.1. The molecular formula is C10H9BrF8N4. The molecule has 0 aliphatic heterocycles. The molecule has 132 valence electrons. The number of halogens is 9. The van der Waals surface area contributed by atoms with E-state index in [4.69, 9.17) is 11.1 Å². The Morgan fingerprint density at radius 3 is 1.91 bits per heavy atom. The molecule has 0 radical (unpaired) electrons. The van der Waals surface area contributed by atoms with Crippen LogP contribution in [-0.2, 0) is 0 Å². The summed E-state index contributed by atoms with van der Waals surface area (Å²) in [6, 6.07) is 0. The summed E-state index contributed by atoms with van der Waals surface area (Å²) in [4.78, 5) is 6.01. The summed E-state index contributed by atoms with van der Waals surface area (Å²) in [6.07, 6.45) is -10.6. The summed E-state index contributed by atoms with van der Waals surface area (Å²) in [6.45, 7) is 0. The molecule has 4 nitrogen and oxygen atoms in total. The van der Waals surface area contributed by atoms with Crippen LogP contribution in [0, 0.1) is 11.3 Å². The molecule has 0 fully saturated rings. The van der Waals surface area contributed by atoms with Gasteiger partial charge in [0.2, 0.25) is 0 Å². The molecule has 0 aromatic rings. The molecule has 0 spiro atoms. The molecule has 1 unspecified atom stereocenters. The third-order valence-electron chi connectivity index (χ3n) is 2.28. The van der Waals surface area contributed by atoms with Gasteiger partial charge in [-0.1, -0.05) is 0 Å². The second-order valence-electron chi connectivity index (χ2n) is 3.85. The van der Waals surface area contributed by atoms with Crippen LogP contribution in [0.1, 0.15) is 0 Å². The molecule has 0 amide bonds. The smallest absolute Gasteiger partial charge is 0.404 e. The zero-order chi connectivity index (χ0) is 18.6. The van der Waals surface area contributed by atoms with Crippen LogP contribution < -0.4 is 5.73 Å². The van der Waals surface area contributed by atoms with E-state index in [2.05, 4.69) is 25.9 Å². The van der Waals surface area contributed by atoms with Crippen LogP contribution in [0.15, 0.2) is 20.7 Å². The number of alkyl halides is 8. The fraction of sp³-hybridized carbons (Fsp3) is 0.500. The first kappa shape index (κ1) is 21.5. The molecule has 0 bridgehead atoms. The largest absolute Gasteiger partial charge is 0.459 e. The van der Waals surface area contributed by atoms with E-state index in [0.717, 1.165) is 6.20 Å². The number of aliphatic imine (C=N–C) groups is 2. The van der Waals surface area contributed by atoms with Crippen LogP contribution in [0.25, 0.3) is 0 Å². The van der Waals surface area contributed by atoms with Crippen LogP contribution in [0.4, 0.5) is 35.1 Å². The van der Waals surface area contributed by atoms with Crippen LogP contribution in [0.5, 0.6) is 0 Å². The summed E-state index contributed by atoms with van der Waals surface area (Å²) in [5, 5.41) is 6.73. The lowest BCUT2D eigenvalue weighted by Gasteiger charge is -2.27. The van der Waals surface area contributed by atoms with Crippen molar-refractivity contribution in [1.29, 1.82) is 5.41 Å². The van der Waals surface area contributed by atoms with Crippen LogP contribution in [0.3, 0.4) is 0 Å². The number of nitrogens with zero attached hydrogens (tertiary/aromatic N) is 2. The van der Waals surface area contributed by atoms with Crippen molar-refractivity contribution in [2.75, 3.05) is 7.05 Å². The molecule has 0 saturated carbocycles. The van der Waals surface area contributed by atoms with E-state index in [0.29, 0.717) is 13.3 Å². The van der Waals surface area contributed by atoms with Gasteiger partial charge in [-0.05, 0) is 15.9 Å². The molecule has 3 N–H and O–H groups in total. The number of allylic oxidation sites excluding steroid dienone is 1. The first-order chi connectivity index (χ1) is 10.2. The number of nitrogens with two attached hydrogens (primary N) is 1. The van der Waals surface area contributed by atoms with E-state index in [1.165, 1.54) is 0 Å². The van der Waals surface area contributed by atoms with Gasteiger partial charge in [0.05, 0.1) is 4.48 Å². The number of rotatable bonds is 4. The van der Waals surface area contributed by atoms with Crippen molar-refractivity contribution in [3.63, 3.8) is 0 Å². The van der Waals surface area contributed by atoms with Gasteiger partial charge in [-0.15, -0.1) is 0 Å². The van der Waals surface area contributed by atoms with Gasteiger partial charge in [-0.3, -0.25) is 4.99 Å². The lowest BCUT2D eigenvalue weighted by molar-refractivity contribution is -0.253. The second-order valence-corrected chi connectivity index (χ2v) is 4.77. The number of amidine groups is 1. The van der Waals surface area contributed by atoms with Gasteiger partial charge in [0, 0.05) is 19.5 Å². The molecule has 0 saturated heterocycles. The van der Waals surface area contributed by atoms with E-state index in [1.807, 2.05) is 0 Å². The maximum Gasteiger partial charge on any atom is 0.459 e. The van der Waals surface area contributed by atoms with Gasteiger partial charge in [0.1, 0.15) is 11.5 Å². The Balaban J connectivity index is 6.00. The van der Waals surface area contributed by atoms with Crippen molar-refractivity contribution < 1.29 is 35.1 Å². The van der Waals surface area contributed by atoms with Gasteiger partial charge in [0.25, 0.3) is 0 Å². The predicted molar refractivity (Wildman–Crippen MR) is 71.3 cm³/mol. The fourth-order valence-electron chi connectivity index (χ4n) is 1.21. The third kappa shape index (κ3) is 5.25. The Hall–Kier alpha value is -1.53. The lowest BCUT2D eigenvalue weighted by atomic mass is 9.95. The Morgan fingerprint density at radius 2 is 1.61 bits per heavy atom. The fourth-order valence-corrected chi connectivity index (χ4v) is 1.31. The van der Waals surface area contributed by atoms with E-state index in [1.54, 1.807) is 0 Å². The first-order valence-corrected chi connectivity index (χ1v) is 6.17. The van der Waals surface area contributed by atoms with E-state index in [-0.39, 0.29) is 4.48 Å². The first-order valence-electron chi connectivity index (χ1n) is 5.38. The highest BCUT2D eigenvalue weighted by Crippen LogP contribution is 2.42. The van der Waals surface area contributed by atoms with Gasteiger partial charge in [-0.2, -0.15) is 35.1 Å². The summed E-state index contributed by atoms with van der Waals surface area (Å²) in [5.41, 5.74) is 2.05. The van der Waals surface area contributed by atoms with Crippen molar-refractivity contribution in [2.24, 2.45) is 21.6 Å². The van der Waals surface area contributed by atoms with Crippen LogP contribution in [-0.4, -0.2) is 43.1 Å². The van der Waals surface area contributed by atoms with Gasteiger partial charge in [0.15, 0.2) is 5.92 Å². The van der Waals surface area contributed by atoms with Crippen molar-refractivity contribution in [3.05, 3.63) is 10.7 Å². The van der Waals surface area contributed by atoms with Gasteiger partial charge < -0.3 is 11.1 Å². The molecular weight excluding hydrogens is 408 g/mol. The molecule has 23 heavy (non-hydrogen) atoms. The zero-order valence-corrected chi connectivity index (χ0v) is 12.7. The maximum atomic E-state index is 13.1. The monoisotopic (exact) mass is 416 g/mol. The molecule has 0 aliphatic rings. The Kier molecular flexibility index (Phi) is 6.87. The Bertz CT molecular complexity index is 532. The highest BCUT2D eigenvalue weighted by molar-refractivity contribution is 9.12. The van der Waals surface area contributed by atoms with E-state index in [9.17, 15) is 35.1 Å². The molecule has 13 heteroatoms. The molecule has 1 atom stereocenters. The highest BCUT2D eigenvalue weighted by Gasteiger charge is 2.66. The average molecular weight is 417 g/mol. The summed E-state index contributed by atoms with van der Waals surface area (Å²) < 4.78 is 101. The van der Waals surface area contributed by atoms with Crippen molar-refractivity contribution >= 4 is 33.7 Å². The topological polar surface area (TPSA) is 74.6 Å². The second kappa shape index (κ2) is 7.36. The normalized spacial score (nSPS) is 16.8. The van der Waals surface area contributed by atoms with Gasteiger partial charge in [-0.25, -0.2) is 4.99 Å². The summed E-state index contributed by atoms with van der Waals surface area (Å²) in [5.74, 6) is -11.1. The number of nitrogens with one attached hydrogen (secondary N) is 1. The molecule has 0 aliphatic carbocycles. The van der Waals surface area contributed by atoms with Crippen molar-refractivity contribution in [1.82, 2.24) is 0 Å². The lowest BCUT2D eigenvalue weighted by Crippen LogP contribution is -2.52. The summed E-state index contributed by atoms with van der Waals surface area (Å²) in [7, 11) is 0.699. The van der Waals surface area contributed by atoms with Gasteiger partial charge >= 0.3 is 18.3 Å². The van der Waals surface area contributed by atoms with Crippen LogP contribution >= 0.6 is 15.9 Å². The molecule has 0 heterocycles. The van der Waals surface area contributed by atoms with Crippen LogP contribution in [0.2, 0.25) is 0 Å². The average Bonchev–Trinajstić information content (AvgIpc) is 2.39. The van der Waals surface area contributed by atoms with E-state index >= 15 is 0 Å². The van der Waals surface area contributed by atoms with E-state index < -0.39 is 35.7 Å². The summed E-state index contributed by atoms with van der Waals surface area (Å²) >= 11 is 2.71. The van der Waals surface area contributed by atoms with Crippen molar-refractivity contribution in [3.8, 4) is 0 Å². The predicted octanol–water partition coefficient (Wildman–Crippen LogP) is 3.68. The molecule has 0 aromatic heterocycles. The molecule has 0 aromatic carbocycles. The SMILES string of the molecule is CN=C(N=CC(Br)=CN)C(C(=N)C(F)(F)C(F)(F)F)C(F)(F)F. The highest BCUT2D eigenvalue weighted by atomic mass is 79.9. The standard InChI is InChI=1S/C10H9BrF8N4/c1-22-7(23-3-4(11)2-20)5(9(14,15)16)6(21)8(12,13)10(17,18)19/h2-3,5,21H,20H2,1H3. The quantitative estimate of drug-likeness (QED) is 0.409. The minimum atomic E-state index is -6.37. The minimum absolute atomic E-state index is 0.0892. The Morgan fingerprint density at radius 1 is 1.13 bits per heavy atom. The van der Waals surface area contributed by atoms with Crippen molar-refractivity contribution in [2.45, 2.75) is 18.3 Å².